The first kappa shape index (κ1) is 15.0. The summed E-state index contributed by atoms with van der Waals surface area (Å²) in [7, 11) is 0. The smallest absolute Gasteiger partial charge is 0.287 e. The lowest BCUT2D eigenvalue weighted by atomic mass is 10.2. The lowest BCUT2D eigenvalue weighted by Crippen LogP contribution is -2.32. The molecule has 2 heterocycles. The highest BCUT2D eigenvalue weighted by Gasteiger charge is 2.12. The maximum atomic E-state index is 11.8. The Labute approximate surface area is 136 Å². The van der Waals surface area contributed by atoms with E-state index < -0.39 is 5.91 Å². The molecule has 2 aromatic heterocycles. The molecule has 0 unspecified atom stereocenters. The lowest BCUT2D eigenvalue weighted by molar-refractivity contribution is -0.115. The molecule has 0 fully saturated rings. The molecule has 0 radical (unpaired) electrons. The predicted molar refractivity (Wildman–Crippen MR) is 87.2 cm³/mol. The van der Waals surface area contributed by atoms with Gasteiger partial charge in [0.05, 0.1) is 18.5 Å². The van der Waals surface area contributed by atoms with Crippen LogP contribution < -0.4 is 10.6 Å². The molecule has 0 spiro atoms. The zero-order valence-corrected chi connectivity index (χ0v) is 12.8. The van der Waals surface area contributed by atoms with Gasteiger partial charge in [0, 0.05) is 10.9 Å². The largest absolute Gasteiger partial charge is 0.459 e. The van der Waals surface area contributed by atoms with Gasteiger partial charge in [-0.25, -0.2) is 4.98 Å². The van der Waals surface area contributed by atoms with Crippen LogP contribution >= 0.6 is 11.3 Å². The Hall–Kier alpha value is -2.93. The van der Waals surface area contributed by atoms with Crippen LogP contribution in [0, 0.1) is 0 Å². The molecule has 0 aliphatic carbocycles. The van der Waals surface area contributed by atoms with Crippen LogP contribution in [0.1, 0.15) is 10.6 Å². The number of furan rings is 1. The molecule has 0 aliphatic heterocycles. The summed E-state index contributed by atoms with van der Waals surface area (Å²) in [4.78, 5) is 27.8. The number of nitrogens with one attached hydrogen (secondary N) is 2. The summed E-state index contributed by atoms with van der Waals surface area (Å²) in [6.45, 7) is -0.153. The number of hydrogen-bond acceptors (Lipinski definition) is 5. The highest BCUT2D eigenvalue weighted by atomic mass is 32.1. The van der Waals surface area contributed by atoms with Crippen molar-refractivity contribution >= 4 is 28.3 Å². The number of nitrogens with zero attached hydrogens (tertiary/aromatic N) is 1. The fraction of sp³-hybridized carbons (Fsp3) is 0.0625. The summed E-state index contributed by atoms with van der Waals surface area (Å²) in [5.41, 5.74) is 1.78. The summed E-state index contributed by atoms with van der Waals surface area (Å²) < 4.78 is 4.94. The van der Waals surface area contributed by atoms with Gasteiger partial charge in [0.25, 0.3) is 5.91 Å². The maximum Gasteiger partial charge on any atom is 0.287 e. The van der Waals surface area contributed by atoms with Crippen LogP contribution in [0.4, 0.5) is 5.13 Å². The van der Waals surface area contributed by atoms with Crippen LogP contribution in [0.5, 0.6) is 0 Å². The molecule has 6 nitrogen and oxygen atoms in total. The first-order chi connectivity index (χ1) is 11.2. The van der Waals surface area contributed by atoms with Gasteiger partial charge in [-0.05, 0) is 12.1 Å². The highest BCUT2D eigenvalue weighted by molar-refractivity contribution is 7.14. The Kier molecular flexibility index (Phi) is 4.49. The average Bonchev–Trinajstić information content (AvgIpc) is 3.25. The van der Waals surface area contributed by atoms with Crippen LogP contribution in [0.25, 0.3) is 11.3 Å². The maximum absolute atomic E-state index is 11.8. The Morgan fingerprint density at radius 3 is 2.70 bits per heavy atom. The number of amides is 2. The minimum absolute atomic E-state index is 0.153. The summed E-state index contributed by atoms with van der Waals surface area (Å²) in [5, 5.41) is 7.49. The third-order valence-electron chi connectivity index (χ3n) is 2.97. The monoisotopic (exact) mass is 327 g/mol. The van der Waals surface area contributed by atoms with E-state index in [-0.39, 0.29) is 18.2 Å². The van der Waals surface area contributed by atoms with Crippen molar-refractivity contribution in [3.63, 3.8) is 0 Å². The molecule has 0 atom stereocenters. The molecule has 2 N–H and O–H groups in total. The Morgan fingerprint density at radius 1 is 1.13 bits per heavy atom. The summed E-state index contributed by atoms with van der Waals surface area (Å²) >= 11 is 1.33. The topological polar surface area (TPSA) is 84.2 Å². The van der Waals surface area contributed by atoms with Crippen molar-refractivity contribution in [2.75, 3.05) is 11.9 Å². The van der Waals surface area contributed by atoms with Gasteiger partial charge in [0.15, 0.2) is 10.9 Å². The minimum atomic E-state index is -0.436. The van der Waals surface area contributed by atoms with E-state index in [0.29, 0.717) is 5.13 Å². The van der Waals surface area contributed by atoms with Gasteiger partial charge in [-0.3, -0.25) is 9.59 Å². The summed E-state index contributed by atoms with van der Waals surface area (Å²) in [5.74, 6) is -0.619. The van der Waals surface area contributed by atoms with Crippen LogP contribution in [0.15, 0.2) is 58.5 Å². The fourth-order valence-electron chi connectivity index (χ4n) is 1.89. The van der Waals surface area contributed by atoms with Gasteiger partial charge in [-0.1, -0.05) is 30.3 Å². The van der Waals surface area contributed by atoms with Crippen LogP contribution in [-0.4, -0.2) is 23.3 Å². The zero-order valence-electron chi connectivity index (χ0n) is 12.0. The number of anilines is 1. The number of aromatic nitrogens is 1. The minimum Gasteiger partial charge on any atom is -0.459 e. The first-order valence-electron chi connectivity index (χ1n) is 6.85. The SMILES string of the molecule is O=C(CNC(=O)c1ccco1)Nc1nc(-c2ccccc2)cs1. The third kappa shape index (κ3) is 3.83. The quantitative estimate of drug-likeness (QED) is 0.755. The fourth-order valence-corrected chi connectivity index (χ4v) is 2.63. The van der Waals surface area contributed by atoms with Crippen LogP contribution in [-0.2, 0) is 4.79 Å². The number of thiazole rings is 1. The van der Waals surface area contributed by atoms with E-state index in [2.05, 4.69) is 15.6 Å². The van der Waals surface area contributed by atoms with Crippen molar-refractivity contribution in [3.8, 4) is 11.3 Å². The predicted octanol–water partition coefficient (Wildman–Crippen LogP) is 2.77. The number of carbonyl (C=O) groups excluding carboxylic acids is 2. The Morgan fingerprint density at radius 2 is 1.96 bits per heavy atom. The van der Waals surface area contributed by atoms with Crippen molar-refractivity contribution in [1.82, 2.24) is 10.3 Å². The van der Waals surface area contributed by atoms with E-state index >= 15 is 0 Å². The molecule has 0 saturated heterocycles. The van der Waals surface area contributed by atoms with E-state index in [1.54, 1.807) is 6.07 Å². The number of rotatable bonds is 5. The molecule has 116 valence electrons. The molecule has 23 heavy (non-hydrogen) atoms. The van der Waals surface area contributed by atoms with Crippen molar-refractivity contribution in [1.29, 1.82) is 0 Å². The molecule has 0 aliphatic rings. The second kappa shape index (κ2) is 6.89. The molecule has 2 amide bonds. The number of benzene rings is 1. The van der Waals surface area contributed by atoms with Gasteiger partial charge in [-0.2, -0.15) is 0 Å². The molecule has 1 aromatic carbocycles. The standard InChI is InChI=1S/C16H13N3O3S/c20-14(9-17-15(21)13-7-4-8-22-13)19-16-18-12(10-23-16)11-5-2-1-3-6-11/h1-8,10H,9H2,(H,17,21)(H,18,19,20). The molecule has 3 aromatic rings. The van der Waals surface area contributed by atoms with Gasteiger partial charge < -0.3 is 15.1 Å². The van der Waals surface area contributed by atoms with Crippen molar-refractivity contribution in [2.24, 2.45) is 0 Å². The molecule has 7 heteroatoms. The second-order valence-electron chi connectivity index (χ2n) is 4.61. The lowest BCUT2D eigenvalue weighted by Gasteiger charge is -2.03. The normalized spacial score (nSPS) is 10.3. The summed E-state index contributed by atoms with van der Waals surface area (Å²) in [6.07, 6.45) is 1.40. The van der Waals surface area contributed by atoms with E-state index in [1.165, 1.54) is 23.7 Å². The summed E-state index contributed by atoms with van der Waals surface area (Å²) in [6, 6.07) is 12.8. The highest BCUT2D eigenvalue weighted by Crippen LogP contribution is 2.24. The van der Waals surface area contributed by atoms with Crippen LogP contribution in [0.2, 0.25) is 0 Å². The van der Waals surface area contributed by atoms with Crippen LogP contribution in [0.3, 0.4) is 0 Å². The Balaban J connectivity index is 1.54. The number of hydrogen-bond donors (Lipinski definition) is 2. The zero-order chi connectivity index (χ0) is 16.1. The van der Waals surface area contributed by atoms with Crippen molar-refractivity contribution < 1.29 is 14.0 Å². The van der Waals surface area contributed by atoms with Gasteiger partial charge in [-0.15, -0.1) is 11.3 Å². The van der Waals surface area contributed by atoms with E-state index in [0.717, 1.165) is 11.3 Å². The first-order valence-corrected chi connectivity index (χ1v) is 7.73. The molecular formula is C16H13N3O3S. The van der Waals surface area contributed by atoms with E-state index in [1.807, 2.05) is 35.7 Å². The Bertz CT molecular complexity index is 797. The average molecular weight is 327 g/mol. The van der Waals surface area contributed by atoms with E-state index in [4.69, 9.17) is 4.42 Å². The second-order valence-corrected chi connectivity index (χ2v) is 5.47. The van der Waals surface area contributed by atoms with Gasteiger partial charge in [0.1, 0.15) is 0 Å². The molecular weight excluding hydrogens is 314 g/mol. The molecule has 0 bridgehead atoms. The van der Waals surface area contributed by atoms with Crippen molar-refractivity contribution in [3.05, 3.63) is 59.9 Å². The number of carbonyl (C=O) groups is 2. The van der Waals surface area contributed by atoms with Gasteiger partial charge in [0.2, 0.25) is 5.91 Å². The molecule has 3 rings (SSSR count). The van der Waals surface area contributed by atoms with Gasteiger partial charge >= 0.3 is 0 Å². The van der Waals surface area contributed by atoms with E-state index in [9.17, 15) is 9.59 Å². The molecule has 0 saturated carbocycles. The third-order valence-corrected chi connectivity index (χ3v) is 3.73. The van der Waals surface area contributed by atoms with Crippen molar-refractivity contribution in [2.45, 2.75) is 0 Å².